The van der Waals surface area contributed by atoms with E-state index >= 15 is 0 Å². The number of fused-ring (bicyclic) bond motifs is 1. The van der Waals surface area contributed by atoms with E-state index in [1.54, 1.807) is 11.6 Å². The van der Waals surface area contributed by atoms with Crippen LogP contribution in [0.4, 0.5) is 0 Å². The molecule has 154 valence electrons. The number of hydrogen-bond donors (Lipinski definition) is 2. The number of imidazole rings is 1. The van der Waals surface area contributed by atoms with Gasteiger partial charge >= 0.3 is 5.69 Å². The number of hydrogen-bond acceptors (Lipinski definition) is 5. The van der Waals surface area contributed by atoms with Crippen LogP contribution in [0.25, 0.3) is 11.0 Å². The van der Waals surface area contributed by atoms with Gasteiger partial charge in [-0.1, -0.05) is 6.07 Å². The monoisotopic (exact) mass is 397 g/mol. The second kappa shape index (κ2) is 6.81. The molecule has 5 rings (SSSR count). The minimum absolute atomic E-state index is 0.218. The first-order valence-corrected chi connectivity index (χ1v) is 10.4. The van der Waals surface area contributed by atoms with Crippen molar-refractivity contribution in [1.29, 1.82) is 0 Å². The van der Waals surface area contributed by atoms with Crippen LogP contribution in [-0.2, 0) is 23.2 Å². The summed E-state index contributed by atoms with van der Waals surface area (Å²) in [4.78, 5) is 39.1. The van der Waals surface area contributed by atoms with E-state index in [0.29, 0.717) is 11.8 Å². The van der Waals surface area contributed by atoms with E-state index in [1.807, 2.05) is 6.07 Å². The van der Waals surface area contributed by atoms with Crippen molar-refractivity contribution in [3.05, 3.63) is 34.2 Å². The van der Waals surface area contributed by atoms with Gasteiger partial charge in [0.05, 0.1) is 11.0 Å². The van der Waals surface area contributed by atoms with E-state index < -0.39 is 11.9 Å². The summed E-state index contributed by atoms with van der Waals surface area (Å²) in [7, 11) is 1.74. The Balaban J connectivity index is 1.39. The minimum atomic E-state index is -0.634. The van der Waals surface area contributed by atoms with Crippen molar-refractivity contribution in [1.82, 2.24) is 24.7 Å². The number of rotatable bonds is 3. The minimum Gasteiger partial charge on any atom is -0.317 e. The summed E-state index contributed by atoms with van der Waals surface area (Å²) in [5.74, 6) is -0.671. The maximum absolute atomic E-state index is 12.9. The topological polar surface area (TPSA) is 88.4 Å². The number of nitrogens with one attached hydrogen (secondary N) is 2. The molecule has 0 saturated carbocycles. The molecular formula is C21H27N5O3. The van der Waals surface area contributed by atoms with Crippen molar-refractivity contribution in [2.24, 2.45) is 12.5 Å². The SMILES string of the molecule is Cn1c(=O)n(C2CCC(=O)NC2=O)c2ccc(CN3CC4(CCNCC4)C3)cc21. The Morgan fingerprint density at radius 2 is 1.86 bits per heavy atom. The van der Waals surface area contributed by atoms with Gasteiger partial charge in [-0.2, -0.15) is 0 Å². The molecule has 0 aliphatic carbocycles. The number of imide groups is 1. The highest BCUT2D eigenvalue weighted by Gasteiger charge is 2.43. The molecule has 3 fully saturated rings. The Kier molecular flexibility index (Phi) is 4.36. The largest absolute Gasteiger partial charge is 0.329 e. The lowest BCUT2D eigenvalue weighted by molar-refractivity contribution is -0.135. The lowest BCUT2D eigenvalue weighted by Gasteiger charge is -2.52. The lowest BCUT2D eigenvalue weighted by Crippen LogP contribution is -2.59. The fourth-order valence-corrected chi connectivity index (χ4v) is 5.28. The molecule has 0 bridgehead atoms. The molecule has 1 aromatic carbocycles. The number of benzene rings is 1. The van der Waals surface area contributed by atoms with Gasteiger partial charge in [0.2, 0.25) is 11.8 Å². The van der Waals surface area contributed by atoms with Gasteiger partial charge in [-0.15, -0.1) is 0 Å². The first-order chi connectivity index (χ1) is 14.0. The molecule has 1 aromatic heterocycles. The van der Waals surface area contributed by atoms with Crippen LogP contribution >= 0.6 is 0 Å². The molecule has 8 heteroatoms. The van der Waals surface area contributed by atoms with E-state index in [0.717, 1.165) is 43.8 Å². The first-order valence-electron chi connectivity index (χ1n) is 10.4. The van der Waals surface area contributed by atoms with Gasteiger partial charge < -0.3 is 5.32 Å². The molecule has 2 aromatic rings. The molecule has 1 atom stereocenters. The van der Waals surface area contributed by atoms with Crippen molar-refractivity contribution in [2.75, 3.05) is 26.2 Å². The van der Waals surface area contributed by atoms with Crippen molar-refractivity contribution in [3.8, 4) is 0 Å². The van der Waals surface area contributed by atoms with E-state index in [2.05, 4.69) is 27.7 Å². The molecule has 2 N–H and O–H groups in total. The third-order valence-electron chi connectivity index (χ3n) is 6.86. The zero-order chi connectivity index (χ0) is 20.2. The van der Waals surface area contributed by atoms with E-state index in [1.165, 1.54) is 23.0 Å². The standard InChI is InChI=1S/C21H27N5O3/c1-24-17-10-14(11-25-12-21(13-25)6-8-22-9-7-21)2-3-15(17)26(20(24)29)16-4-5-18(27)23-19(16)28/h2-3,10,16,22H,4-9,11-13H2,1H3,(H,23,27,28). The lowest BCUT2D eigenvalue weighted by atomic mass is 9.72. The highest BCUT2D eigenvalue weighted by Crippen LogP contribution is 2.39. The van der Waals surface area contributed by atoms with Gasteiger partial charge in [0.1, 0.15) is 6.04 Å². The fourth-order valence-electron chi connectivity index (χ4n) is 5.28. The summed E-state index contributed by atoms with van der Waals surface area (Å²) in [6.07, 6.45) is 3.12. The third kappa shape index (κ3) is 3.11. The smallest absolute Gasteiger partial charge is 0.317 e. The van der Waals surface area contributed by atoms with Crippen LogP contribution in [0.1, 0.15) is 37.3 Å². The van der Waals surface area contributed by atoms with Crippen LogP contribution in [-0.4, -0.2) is 52.0 Å². The summed E-state index contributed by atoms with van der Waals surface area (Å²) in [5.41, 5.74) is 3.03. The number of likely N-dealkylation sites (tertiary alicyclic amines) is 1. The number of amides is 2. The molecule has 1 unspecified atom stereocenters. The Bertz CT molecular complexity index is 1040. The summed E-state index contributed by atoms with van der Waals surface area (Å²) >= 11 is 0. The van der Waals surface area contributed by atoms with Crippen molar-refractivity contribution in [3.63, 3.8) is 0 Å². The number of aryl methyl sites for hydroxylation is 1. The number of aromatic nitrogens is 2. The van der Waals surface area contributed by atoms with Gasteiger partial charge in [-0.05, 0) is 55.5 Å². The zero-order valence-corrected chi connectivity index (χ0v) is 16.7. The maximum atomic E-state index is 12.9. The van der Waals surface area contributed by atoms with E-state index in [9.17, 15) is 14.4 Å². The maximum Gasteiger partial charge on any atom is 0.329 e. The predicted octanol–water partition coefficient (Wildman–Crippen LogP) is 0.503. The summed E-state index contributed by atoms with van der Waals surface area (Å²) < 4.78 is 3.14. The predicted molar refractivity (Wildman–Crippen MR) is 108 cm³/mol. The molecule has 0 radical (unpaired) electrons. The van der Waals surface area contributed by atoms with Crippen molar-refractivity contribution >= 4 is 22.8 Å². The Hall–Kier alpha value is -2.45. The Morgan fingerprint density at radius 1 is 1.10 bits per heavy atom. The second-order valence-electron chi connectivity index (χ2n) is 8.90. The number of nitrogens with zero attached hydrogens (tertiary/aromatic N) is 3. The number of carbonyl (C=O) groups excluding carboxylic acids is 2. The fraction of sp³-hybridized carbons (Fsp3) is 0.571. The van der Waals surface area contributed by atoms with Crippen LogP contribution in [0.15, 0.2) is 23.0 Å². The molecular weight excluding hydrogens is 370 g/mol. The van der Waals surface area contributed by atoms with Gasteiger partial charge in [0, 0.05) is 33.1 Å². The average molecular weight is 397 g/mol. The van der Waals surface area contributed by atoms with Gasteiger partial charge in [-0.25, -0.2) is 4.79 Å². The summed E-state index contributed by atoms with van der Waals surface area (Å²) in [6, 6.07) is 5.42. The molecule has 3 aliphatic rings. The first kappa shape index (κ1) is 18.6. The Morgan fingerprint density at radius 3 is 2.59 bits per heavy atom. The third-order valence-corrected chi connectivity index (χ3v) is 6.86. The molecule has 4 heterocycles. The molecule has 3 aliphatic heterocycles. The van der Waals surface area contributed by atoms with Crippen LogP contribution in [0, 0.1) is 5.41 Å². The molecule has 1 spiro atoms. The summed E-state index contributed by atoms with van der Waals surface area (Å²) in [6.45, 7) is 5.40. The number of carbonyl (C=O) groups is 2. The number of piperidine rings is 2. The Labute approximate surface area is 168 Å². The quantitative estimate of drug-likeness (QED) is 0.737. The molecule has 2 amide bonds. The van der Waals surface area contributed by atoms with Gasteiger partial charge in [0.25, 0.3) is 0 Å². The molecule has 29 heavy (non-hydrogen) atoms. The summed E-state index contributed by atoms with van der Waals surface area (Å²) in [5, 5.41) is 5.79. The highest BCUT2D eigenvalue weighted by atomic mass is 16.2. The van der Waals surface area contributed by atoms with Gasteiger partial charge in [-0.3, -0.25) is 28.9 Å². The second-order valence-corrected chi connectivity index (χ2v) is 8.90. The van der Waals surface area contributed by atoms with Crippen LogP contribution in [0.5, 0.6) is 0 Å². The van der Waals surface area contributed by atoms with E-state index in [-0.39, 0.29) is 18.0 Å². The van der Waals surface area contributed by atoms with Gasteiger partial charge in [0.15, 0.2) is 0 Å². The highest BCUT2D eigenvalue weighted by molar-refractivity contribution is 6.00. The molecule has 8 nitrogen and oxygen atoms in total. The van der Waals surface area contributed by atoms with Crippen molar-refractivity contribution < 1.29 is 9.59 Å². The normalized spacial score (nSPS) is 24.7. The van der Waals surface area contributed by atoms with E-state index in [4.69, 9.17) is 0 Å². The van der Waals surface area contributed by atoms with Crippen molar-refractivity contribution in [2.45, 2.75) is 38.3 Å². The van der Waals surface area contributed by atoms with Crippen LogP contribution < -0.4 is 16.3 Å². The van der Waals surface area contributed by atoms with Crippen LogP contribution in [0.3, 0.4) is 0 Å². The zero-order valence-electron chi connectivity index (χ0n) is 16.7. The molecule has 3 saturated heterocycles. The average Bonchev–Trinajstić information content (AvgIpc) is 2.92. The van der Waals surface area contributed by atoms with Crippen LogP contribution in [0.2, 0.25) is 0 Å².